The van der Waals surface area contributed by atoms with Crippen LogP contribution in [0.5, 0.6) is 11.5 Å². The van der Waals surface area contributed by atoms with Gasteiger partial charge in [-0.3, -0.25) is 19.2 Å². The number of rotatable bonds is 3. The number of urea groups is 1. The number of fused-ring (bicyclic) bond motifs is 4. The van der Waals surface area contributed by atoms with E-state index in [-0.39, 0.29) is 44.5 Å². The van der Waals surface area contributed by atoms with Crippen molar-refractivity contribution in [2.24, 2.45) is 23.5 Å². The Labute approximate surface area is 270 Å². The zero-order valence-corrected chi connectivity index (χ0v) is 26.6. The van der Waals surface area contributed by atoms with E-state index in [1.165, 1.54) is 25.3 Å². The van der Waals surface area contributed by atoms with Crippen LogP contribution in [0.3, 0.4) is 0 Å². The van der Waals surface area contributed by atoms with Gasteiger partial charge in [0.2, 0.25) is 11.8 Å². The molecule has 6 atom stereocenters. The molecule has 0 spiro atoms. The molecule has 0 radical (unpaired) electrons. The maximum Gasteiger partial charge on any atom is 0.328 e. The molecular formula is C28H20Br2Cl2FN3O7. The molecule has 2 saturated heterocycles. The third-order valence-electron chi connectivity index (χ3n) is 8.82. The molecule has 6 amide bonds. The van der Waals surface area contributed by atoms with Crippen molar-refractivity contribution in [1.29, 1.82) is 0 Å². The average Bonchev–Trinajstić information content (AvgIpc) is 3.31. The monoisotopic (exact) mass is 757 g/mol. The van der Waals surface area contributed by atoms with E-state index < -0.39 is 68.9 Å². The molecule has 15 heteroatoms. The number of hydrogen-bond acceptors (Lipinski definition) is 7. The molecule has 0 bridgehead atoms. The maximum atomic E-state index is 14.4. The second-order valence-corrected chi connectivity index (χ2v) is 13.6. The Morgan fingerprint density at radius 3 is 2.33 bits per heavy atom. The van der Waals surface area contributed by atoms with Crippen LogP contribution in [-0.4, -0.2) is 56.5 Å². The van der Waals surface area contributed by atoms with Crippen molar-refractivity contribution in [3.8, 4) is 11.5 Å². The number of imide groups is 4. The number of alkyl halides is 2. The van der Waals surface area contributed by atoms with E-state index in [9.17, 15) is 33.5 Å². The van der Waals surface area contributed by atoms with Crippen LogP contribution < -0.4 is 15.4 Å². The van der Waals surface area contributed by atoms with E-state index in [1.807, 2.05) is 0 Å². The van der Waals surface area contributed by atoms with Crippen molar-refractivity contribution >= 4 is 90.4 Å². The molecule has 2 aliphatic carbocycles. The number of halogens is 5. The molecule has 0 aromatic heterocycles. The lowest BCUT2D eigenvalue weighted by Crippen LogP contribution is -2.60. The molecule has 224 valence electrons. The number of methoxy groups -OCH3 is 1. The Morgan fingerprint density at radius 2 is 1.72 bits per heavy atom. The van der Waals surface area contributed by atoms with Crippen LogP contribution in [0.25, 0.3) is 0 Å². The molecule has 4 aliphatic rings. The van der Waals surface area contributed by atoms with E-state index in [1.54, 1.807) is 6.08 Å². The molecule has 2 aromatic rings. The van der Waals surface area contributed by atoms with Crippen LogP contribution in [0.2, 0.25) is 0 Å². The standard InChI is InChI=1S/C28H20Br2Cl2FN3O7/c1-43-16-8-14(19(29)20(30)21(16)37)18-12-6-7-13-17(23(39)36(22(13)38)26(34)42)15(12)9-27(31)24(40)35(25(41)28(18,27)32)11-4-2-10(33)3-5-11/h2-6,8,13,15,17-18,37H,7,9H2,1H3,(H2,34,42). The fourth-order valence-corrected chi connectivity index (χ4v) is 8.82. The number of hydrogen-bond donors (Lipinski definition) is 2. The lowest BCUT2D eigenvalue weighted by atomic mass is 9.56. The minimum Gasteiger partial charge on any atom is -0.503 e. The van der Waals surface area contributed by atoms with Crippen LogP contribution >= 0.6 is 55.1 Å². The first-order valence-corrected chi connectivity index (χ1v) is 15.2. The van der Waals surface area contributed by atoms with Gasteiger partial charge in [0, 0.05) is 10.4 Å². The van der Waals surface area contributed by atoms with E-state index >= 15 is 0 Å². The van der Waals surface area contributed by atoms with Crippen molar-refractivity contribution < 1.29 is 38.2 Å². The molecule has 2 aromatic carbocycles. The lowest BCUT2D eigenvalue weighted by Gasteiger charge is -2.51. The van der Waals surface area contributed by atoms with Gasteiger partial charge >= 0.3 is 6.03 Å². The summed E-state index contributed by atoms with van der Waals surface area (Å²) in [5, 5.41) is 10.6. The number of anilines is 1. The predicted octanol–water partition coefficient (Wildman–Crippen LogP) is 4.71. The van der Waals surface area contributed by atoms with Gasteiger partial charge in [-0.05, 0) is 86.5 Å². The van der Waals surface area contributed by atoms with Gasteiger partial charge in [-0.1, -0.05) is 11.6 Å². The molecule has 2 heterocycles. The summed E-state index contributed by atoms with van der Waals surface area (Å²) >= 11 is 21.4. The number of carbonyl (C=O) groups excluding carboxylic acids is 5. The number of carbonyl (C=O) groups is 5. The van der Waals surface area contributed by atoms with Crippen LogP contribution in [0.15, 0.2) is 50.9 Å². The van der Waals surface area contributed by atoms with Gasteiger partial charge in [-0.25, -0.2) is 14.1 Å². The van der Waals surface area contributed by atoms with E-state index in [0.29, 0.717) is 10.5 Å². The average molecular weight is 760 g/mol. The number of nitrogens with zero attached hydrogens (tertiary/aromatic N) is 2. The number of benzene rings is 2. The highest BCUT2D eigenvalue weighted by Gasteiger charge is 2.77. The highest BCUT2D eigenvalue weighted by Crippen LogP contribution is 2.67. The van der Waals surface area contributed by atoms with Crippen molar-refractivity contribution in [2.75, 3.05) is 12.0 Å². The van der Waals surface area contributed by atoms with Crippen LogP contribution in [0, 0.1) is 23.6 Å². The number of ether oxygens (including phenoxy) is 1. The number of primary amides is 1. The summed E-state index contributed by atoms with van der Waals surface area (Å²) in [6.07, 6.45) is 1.34. The van der Waals surface area contributed by atoms with Gasteiger partial charge in [0.25, 0.3) is 11.8 Å². The van der Waals surface area contributed by atoms with Gasteiger partial charge in [0.15, 0.2) is 21.2 Å². The van der Waals surface area contributed by atoms with Gasteiger partial charge in [0.1, 0.15) is 5.82 Å². The third-order valence-corrected chi connectivity index (χ3v) is 12.4. The van der Waals surface area contributed by atoms with Crippen LogP contribution in [0.4, 0.5) is 14.9 Å². The summed E-state index contributed by atoms with van der Waals surface area (Å²) in [5.41, 5.74) is 6.10. The Kier molecular flexibility index (Phi) is 7.00. The van der Waals surface area contributed by atoms with Crippen molar-refractivity contribution in [1.82, 2.24) is 4.90 Å². The zero-order chi connectivity index (χ0) is 31.3. The SMILES string of the molecule is COc1cc(C2C3=CCC4C(=O)N(C(N)=O)C(=O)C4C3CC3(Cl)C(=O)N(c4ccc(F)cc4)C(=O)C23Cl)c(Br)c(Br)c1O. The first kappa shape index (κ1) is 30.0. The second-order valence-electron chi connectivity index (χ2n) is 10.7. The summed E-state index contributed by atoms with van der Waals surface area (Å²) in [6.45, 7) is 0. The number of phenols is 1. The molecular weight excluding hydrogens is 740 g/mol. The van der Waals surface area contributed by atoms with Crippen molar-refractivity contribution in [3.05, 3.63) is 62.3 Å². The Hall–Kier alpha value is -3.00. The first-order chi connectivity index (χ1) is 20.2. The van der Waals surface area contributed by atoms with E-state index in [2.05, 4.69) is 31.9 Å². The fourth-order valence-electron chi connectivity index (χ4n) is 6.94. The van der Waals surface area contributed by atoms with Gasteiger partial charge in [-0.15, -0.1) is 23.2 Å². The normalized spacial score (nSPS) is 31.5. The smallest absolute Gasteiger partial charge is 0.328 e. The molecule has 6 unspecified atom stereocenters. The number of amides is 6. The third kappa shape index (κ3) is 3.83. The predicted molar refractivity (Wildman–Crippen MR) is 158 cm³/mol. The summed E-state index contributed by atoms with van der Waals surface area (Å²) < 4.78 is 19.5. The zero-order valence-electron chi connectivity index (χ0n) is 21.9. The minimum atomic E-state index is -2.21. The summed E-state index contributed by atoms with van der Waals surface area (Å²) in [7, 11) is 1.32. The molecule has 6 rings (SSSR count). The molecule has 3 N–H and O–H groups in total. The summed E-state index contributed by atoms with van der Waals surface area (Å²) in [6, 6.07) is 4.82. The second kappa shape index (κ2) is 10.0. The topological polar surface area (TPSA) is 147 Å². The van der Waals surface area contributed by atoms with Crippen molar-refractivity contribution in [2.45, 2.75) is 28.5 Å². The fraction of sp³-hybridized carbons (Fsp3) is 0.321. The highest BCUT2D eigenvalue weighted by molar-refractivity contribution is 9.13. The maximum absolute atomic E-state index is 14.4. The van der Waals surface area contributed by atoms with Gasteiger partial charge in [-0.2, -0.15) is 4.90 Å². The van der Waals surface area contributed by atoms with Crippen LogP contribution in [-0.2, 0) is 19.2 Å². The quantitative estimate of drug-likeness (QED) is 0.262. The van der Waals surface area contributed by atoms with Crippen molar-refractivity contribution in [3.63, 3.8) is 0 Å². The Bertz CT molecular complexity index is 1710. The van der Waals surface area contributed by atoms with Gasteiger partial charge in [0.05, 0.1) is 29.1 Å². The van der Waals surface area contributed by atoms with Gasteiger partial charge < -0.3 is 15.6 Å². The number of likely N-dealkylation sites (tertiary alicyclic amines) is 1. The molecule has 10 nitrogen and oxygen atoms in total. The molecule has 1 saturated carbocycles. The number of allylic oxidation sites excluding steroid dienone is 2. The lowest BCUT2D eigenvalue weighted by molar-refractivity contribution is -0.136. The molecule has 2 aliphatic heterocycles. The summed E-state index contributed by atoms with van der Waals surface area (Å²) in [5.74, 6) is -8.50. The Morgan fingerprint density at radius 1 is 1.07 bits per heavy atom. The minimum absolute atomic E-state index is 0.00103. The largest absolute Gasteiger partial charge is 0.503 e. The Balaban J connectivity index is 1.62. The summed E-state index contributed by atoms with van der Waals surface area (Å²) in [4.78, 5) is 64.1. The number of nitrogens with two attached hydrogens (primary N) is 1. The number of phenolic OH excluding ortho intramolecular Hbond substituents is 1. The highest BCUT2D eigenvalue weighted by atomic mass is 79.9. The molecule has 43 heavy (non-hydrogen) atoms. The van der Waals surface area contributed by atoms with E-state index in [0.717, 1.165) is 17.0 Å². The molecule has 3 fully saturated rings. The first-order valence-electron chi connectivity index (χ1n) is 12.8. The van der Waals surface area contributed by atoms with Crippen LogP contribution in [0.1, 0.15) is 24.3 Å². The van der Waals surface area contributed by atoms with E-state index in [4.69, 9.17) is 33.7 Å². The number of aromatic hydroxyl groups is 1.